The quantitative estimate of drug-likeness (QED) is 0.536. The summed E-state index contributed by atoms with van der Waals surface area (Å²) < 4.78 is 26.5. The van der Waals surface area contributed by atoms with Gasteiger partial charge in [0.2, 0.25) is 0 Å². The number of hydrogen-bond donors (Lipinski definition) is 1. The summed E-state index contributed by atoms with van der Waals surface area (Å²) in [5.41, 5.74) is 1.54. The van der Waals surface area contributed by atoms with Crippen LogP contribution < -0.4 is 0 Å². The van der Waals surface area contributed by atoms with Crippen LogP contribution in [0.25, 0.3) is 0 Å². The highest BCUT2D eigenvalue weighted by Crippen LogP contribution is 2.34. The highest BCUT2D eigenvalue weighted by atomic mass is 19.2. The molecule has 2 atom stereocenters. The molecule has 0 aliphatic carbocycles. The Morgan fingerprint density at radius 1 is 0.967 bits per heavy atom. The maximum atomic E-state index is 13.4. The Hall–Kier alpha value is -1.78. The zero-order valence-corrected chi connectivity index (χ0v) is 18.3. The fourth-order valence-corrected chi connectivity index (χ4v) is 5.07. The van der Waals surface area contributed by atoms with E-state index in [-0.39, 0.29) is 0 Å². The summed E-state index contributed by atoms with van der Waals surface area (Å²) in [6.07, 6.45) is 5.89. The zero-order chi connectivity index (χ0) is 21.6. The van der Waals surface area contributed by atoms with E-state index in [9.17, 15) is 13.9 Å². The van der Waals surface area contributed by atoms with Crippen molar-refractivity contribution in [3.63, 3.8) is 0 Å². The van der Waals surface area contributed by atoms with Crippen LogP contribution in [-0.4, -0.2) is 34.7 Å². The topological polar surface area (TPSA) is 23.5 Å². The molecule has 0 radical (unpaired) electrons. The van der Waals surface area contributed by atoms with Gasteiger partial charge in [-0.05, 0) is 74.1 Å². The smallest absolute Gasteiger partial charge is 0.159 e. The molecule has 0 amide bonds. The molecule has 0 spiro atoms. The van der Waals surface area contributed by atoms with Crippen LogP contribution >= 0.6 is 0 Å². The van der Waals surface area contributed by atoms with Crippen LogP contribution in [0.5, 0.6) is 0 Å². The molecule has 3 rings (SSSR count). The number of nitrogens with zero attached hydrogens (tertiary/aromatic N) is 1. The van der Waals surface area contributed by atoms with Gasteiger partial charge in [-0.1, -0.05) is 50.2 Å². The zero-order valence-electron chi connectivity index (χ0n) is 18.3. The van der Waals surface area contributed by atoms with Gasteiger partial charge in [-0.15, -0.1) is 0 Å². The summed E-state index contributed by atoms with van der Waals surface area (Å²) in [6, 6.07) is 15.3. The summed E-state index contributed by atoms with van der Waals surface area (Å²) in [5, 5.41) is 11.1. The second kappa shape index (κ2) is 10.5. The predicted octanol–water partition coefficient (Wildman–Crippen LogP) is 6.09. The first kappa shape index (κ1) is 22.9. The molecule has 1 N–H and O–H groups in total. The third-order valence-corrected chi connectivity index (χ3v) is 6.84. The van der Waals surface area contributed by atoms with E-state index in [1.807, 2.05) is 0 Å². The Morgan fingerprint density at radius 3 is 2.27 bits per heavy atom. The molecule has 0 saturated carbocycles. The Bertz CT molecular complexity index is 787. The van der Waals surface area contributed by atoms with Crippen molar-refractivity contribution in [1.82, 2.24) is 4.90 Å². The number of likely N-dealkylation sites (tertiary alicyclic amines) is 1. The van der Waals surface area contributed by atoms with Crippen molar-refractivity contribution in [2.75, 3.05) is 13.1 Å². The van der Waals surface area contributed by atoms with Crippen molar-refractivity contribution >= 4 is 0 Å². The van der Waals surface area contributed by atoms with E-state index in [0.717, 1.165) is 50.8 Å². The van der Waals surface area contributed by atoms with Gasteiger partial charge in [0.15, 0.2) is 11.6 Å². The largest absolute Gasteiger partial charge is 0.390 e. The van der Waals surface area contributed by atoms with E-state index in [4.69, 9.17) is 0 Å². The monoisotopic (exact) mass is 415 g/mol. The highest BCUT2D eigenvalue weighted by Gasteiger charge is 2.35. The fraction of sp³-hybridized carbons (Fsp3) is 0.538. The molecule has 2 unspecified atom stereocenters. The normalized spacial score (nSPS) is 18.8. The number of hydrogen-bond acceptors (Lipinski definition) is 2. The number of aryl methyl sites for hydroxylation is 1. The van der Waals surface area contributed by atoms with Gasteiger partial charge in [0.05, 0.1) is 5.60 Å². The molecule has 0 bridgehead atoms. The van der Waals surface area contributed by atoms with E-state index in [1.54, 1.807) is 6.07 Å². The molecular weight excluding hydrogens is 380 g/mol. The van der Waals surface area contributed by atoms with E-state index < -0.39 is 17.2 Å². The molecule has 1 aliphatic heterocycles. The lowest BCUT2D eigenvalue weighted by Crippen LogP contribution is -2.49. The number of benzene rings is 2. The lowest BCUT2D eigenvalue weighted by molar-refractivity contribution is -0.0411. The minimum absolute atomic E-state index is 0.490. The maximum absolute atomic E-state index is 13.4. The van der Waals surface area contributed by atoms with E-state index in [0.29, 0.717) is 24.8 Å². The second-order valence-electron chi connectivity index (χ2n) is 8.76. The van der Waals surface area contributed by atoms with Crippen LogP contribution in [-0.2, 0) is 6.42 Å². The summed E-state index contributed by atoms with van der Waals surface area (Å²) in [6.45, 7) is 6.34. The van der Waals surface area contributed by atoms with Crippen LogP contribution in [0.3, 0.4) is 0 Å². The third kappa shape index (κ3) is 5.67. The average molecular weight is 416 g/mol. The van der Waals surface area contributed by atoms with Gasteiger partial charge in [-0.2, -0.15) is 0 Å². The lowest BCUT2D eigenvalue weighted by Gasteiger charge is -2.44. The van der Waals surface area contributed by atoms with Crippen molar-refractivity contribution in [1.29, 1.82) is 0 Å². The molecule has 1 saturated heterocycles. The minimum Gasteiger partial charge on any atom is -0.390 e. The second-order valence-corrected chi connectivity index (χ2v) is 8.76. The van der Waals surface area contributed by atoms with E-state index in [2.05, 4.69) is 49.1 Å². The molecule has 4 heteroatoms. The third-order valence-electron chi connectivity index (χ3n) is 6.84. The van der Waals surface area contributed by atoms with Crippen molar-refractivity contribution in [3.8, 4) is 0 Å². The van der Waals surface area contributed by atoms with Crippen molar-refractivity contribution in [2.24, 2.45) is 0 Å². The van der Waals surface area contributed by atoms with Crippen molar-refractivity contribution < 1.29 is 13.9 Å². The van der Waals surface area contributed by atoms with E-state index in [1.165, 1.54) is 17.7 Å². The number of aliphatic hydroxyl groups is 1. The Labute approximate surface area is 179 Å². The fourth-order valence-electron chi connectivity index (χ4n) is 5.07. The van der Waals surface area contributed by atoms with Crippen LogP contribution in [0.1, 0.15) is 69.4 Å². The Balaban J connectivity index is 1.53. The minimum atomic E-state index is -0.809. The van der Waals surface area contributed by atoms with Gasteiger partial charge in [-0.3, -0.25) is 4.90 Å². The summed E-state index contributed by atoms with van der Waals surface area (Å²) in [4.78, 5) is 2.56. The lowest BCUT2D eigenvalue weighted by atomic mass is 9.82. The summed E-state index contributed by atoms with van der Waals surface area (Å²) in [5.74, 6) is -1.10. The molecule has 2 aromatic carbocycles. The molecule has 2 nitrogen and oxygen atoms in total. The van der Waals surface area contributed by atoms with Gasteiger partial charge >= 0.3 is 0 Å². The molecule has 2 aromatic rings. The highest BCUT2D eigenvalue weighted by molar-refractivity contribution is 5.21. The molecular formula is C26H35F2NO. The first-order valence-corrected chi connectivity index (χ1v) is 11.4. The Kier molecular flexibility index (Phi) is 8.01. The Morgan fingerprint density at radius 2 is 1.67 bits per heavy atom. The van der Waals surface area contributed by atoms with Crippen LogP contribution in [0, 0.1) is 11.6 Å². The van der Waals surface area contributed by atoms with Crippen molar-refractivity contribution in [3.05, 3.63) is 71.3 Å². The molecule has 1 aliphatic rings. The first-order valence-electron chi connectivity index (χ1n) is 11.4. The predicted molar refractivity (Wildman–Crippen MR) is 119 cm³/mol. The van der Waals surface area contributed by atoms with E-state index >= 15 is 0 Å². The van der Waals surface area contributed by atoms with Crippen LogP contribution in [0.4, 0.5) is 8.78 Å². The molecule has 1 heterocycles. The van der Waals surface area contributed by atoms with Crippen LogP contribution in [0.15, 0.2) is 48.5 Å². The van der Waals surface area contributed by atoms with Gasteiger partial charge in [0.25, 0.3) is 0 Å². The summed E-state index contributed by atoms with van der Waals surface area (Å²) >= 11 is 0. The van der Waals surface area contributed by atoms with Gasteiger partial charge in [-0.25, -0.2) is 8.78 Å². The van der Waals surface area contributed by atoms with Gasteiger partial charge < -0.3 is 5.11 Å². The van der Waals surface area contributed by atoms with Gasteiger partial charge in [0, 0.05) is 19.1 Å². The molecule has 0 aromatic heterocycles. The van der Waals surface area contributed by atoms with Gasteiger partial charge in [0.1, 0.15) is 0 Å². The number of piperidine rings is 1. The maximum Gasteiger partial charge on any atom is 0.159 e. The molecule has 30 heavy (non-hydrogen) atoms. The molecule has 164 valence electrons. The summed E-state index contributed by atoms with van der Waals surface area (Å²) in [7, 11) is 0. The number of halogens is 2. The van der Waals surface area contributed by atoms with Crippen molar-refractivity contribution in [2.45, 2.75) is 76.4 Å². The number of rotatable bonds is 9. The SMILES string of the molecule is CCC(c1ccccc1)C(CC)N1CCC(O)(CCCc2ccc(F)c(F)c2)CC1. The molecule has 1 fully saturated rings. The van der Waals surface area contributed by atoms with Crippen LogP contribution in [0.2, 0.25) is 0 Å². The average Bonchev–Trinajstić information content (AvgIpc) is 2.76. The first-order chi connectivity index (χ1) is 14.5. The standard InChI is InChI=1S/C26H35F2NO/c1-3-22(21-10-6-5-7-11-21)25(4-2)29-17-15-26(30,16-18-29)14-8-9-20-12-13-23(27)24(28)19-20/h5-7,10-13,19,22,25,30H,3-4,8-9,14-18H2,1-2H3.